The van der Waals surface area contributed by atoms with Gasteiger partial charge in [0.1, 0.15) is 16.5 Å². The van der Waals surface area contributed by atoms with Crippen LogP contribution >= 0.6 is 0 Å². The molecule has 0 saturated carbocycles. The summed E-state index contributed by atoms with van der Waals surface area (Å²) in [6.45, 7) is 19.8. The van der Waals surface area contributed by atoms with Crippen LogP contribution in [0.3, 0.4) is 0 Å². The number of nitrogens with zero attached hydrogens (tertiary/aromatic N) is 1. The molecule has 0 radical (unpaired) electrons. The fourth-order valence-electron chi connectivity index (χ4n) is 3.10. The van der Waals surface area contributed by atoms with Crippen molar-refractivity contribution in [1.82, 2.24) is 0 Å². The lowest BCUT2D eigenvalue weighted by Crippen LogP contribution is -2.59. The van der Waals surface area contributed by atoms with Crippen molar-refractivity contribution in [3.05, 3.63) is 29.8 Å². The minimum Gasteiger partial charge on any atom is -0.425 e. The molecule has 0 aromatic heterocycles. The van der Waals surface area contributed by atoms with Gasteiger partial charge in [-0.1, -0.05) is 51.4 Å². The van der Waals surface area contributed by atoms with Crippen LogP contribution in [0.1, 0.15) is 25.7 Å². The van der Waals surface area contributed by atoms with E-state index in [1.165, 1.54) is 5.69 Å². The Kier molecular flexibility index (Phi) is 6.86. The maximum Gasteiger partial charge on any atom is 0.183 e. The van der Waals surface area contributed by atoms with Crippen molar-refractivity contribution in [3.63, 3.8) is 0 Å². The molecule has 22 heavy (non-hydrogen) atoms. The van der Waals surface area contributed by atoms with E-state index in [2.05, 4.69) is 67.8 Å². The molecule has 1 rings (SSSR count). The van der Waals surface area contributed by atoms with Gasteiger partial charge in [-0.3, -0.25) is 0 Å². The van der Waals surface area contributed by atoms with E-state index >= 15 is 0 Å². The van der Waals surface area contributed by atoms with Crippen LogP contribution in [-0.4, -0.2) is 29.7 Å². The summed E-state index contributed by atoms with van der Waals surface area (Å²) < 4.78 is 14.1. The van der Waals surface area contributed by atoms with Crippen LogP contribution in [0.15, 0.2) is 24.3 Å². The summed E-state index contributed by atoms with van der Waals surface area (Å²) in [5.74, 6) is 0. The maximum atomic E-state index is 5.68. The third-order valence-corrected chi connectivity index (χ3v) is 10.6. The molecule has 0 spiro atoms. The van der Waals surface area contributed by atoms with E-state index in [9.17, 15) is 0 Å². The highest BCUT2D eigenvalue weighted by molar-refractivity contribution is 6.99. The molecule has 0 N–H and O–H groups in total. The van der Waals surface area contributed by atoms with Crippen LogP contribution in [0.4, 0.5) is 5.69 Å². The van der Waals surface area contributed by atoms with E-state index in [0.29, 0.717) is 13.2 Å². The van der Waals surface area contributed by atoms with Gasteiger partial charge in [0.05, 0.1) is 0 Å². The summed E-state index contributed by atoms with van der Waals surface area (Å²) in [4.78, 5) is 0. The number of ether oxygens (including phenoxy) is 2. The highest BCUT2D eigenvalue weighted by Crippen LogP contribution is 2.30. The second-order valence-corrected chi connectivity index (χ2v) is 17.5. The van der Waals surface area contributed by atoms with Crippen LogP contribution in [-0.2, 0) is 9.47 Å². The van der Waals surface area contributed by atoms with E-state index < -0.39 is 16.5 Å². The fourth-order valence-corrected chi connectivity index (χ4v) is 13.0. The molecule has 3 nitrogen and oxygen atoms in total. The van der Waals surface area contributed by atoms with Gasteiger partial charge in [-0.05, 0) is 26.0 Å². The van der Waals surface area contributed by atoms with Gasteiger partial charge in [0.2, 0.25) is 0 Å². The van der Waals surface area contributed by atoms with Gasteiger partial charge in [-0.25, -0.2) is 0 Å². The van der Waals surface area contributed by atoms with Crippen molar-refractivity contribution in [3.8, 4) is 0 Å². The normalized spacial score (nSPS) is 12.8. The number of hydrogen-bond donors (Lipinski definition) is 0. The Labute approximate surface area is 138 Å². The SMILES string of the molecule is CCOC(OCC)c1ccc(N([Si](C)(C)C)[Si](C)(C)C)cc1. The first-order valence-electron chi connectivity index (χ1n) is 8.24. The molecule has 0 aliphatic rings. The van der Waals surface area contributed by atoms with Gasteiger partial charge in [0.25, 0.3) is 0 Å². The third-order valence-electron chi connectivity index (χ3n) is 3.40. The predicted octanol–water partition coefficient (Wildman–Crippen LogP) is 5.23. The molecule has 0 unspecified atom stereocenters. The lowest BCUT2D eigenvalue weighted by atomic mass is 10.2. The number of rotatable bonds is 8. The summed E-state index contributed by atoms with van der Waals surface area (Å²) in [6.07, 6.45) is -0.253. The fraction of sp³-hybridized carbons (Fsp3) is 0.647. The van der Waals surface area contributed by atoms with Crippen LogP contribution in [0, 0.1) is 0 Å². The molecule has 1 aromatic rings. The average molecular weight is 340 g/mol. The highest BCUT2D eigenvalue weighted by Gasteiger charge is 2.34. The summed E-state index contributed by atoms with van der Waals surface area (Å²) in [7, 11) is -2.81. The molecule has 5 heteroatoms. The van der Waals surface area contributed by atoms with Gasteiger partial charge in [-0.15, -0.1) is 0 Å². The van der Waals surface area contributed by atoms with E-state index in [-0.39, 0.29) is 6.29 Å². The minimum atomic E-state index is -1.41. The Morgan fingerprint density at radius 1 is 0.818 bits per heavy atom. The summed E-state index contributed by atoms with van der Waals surface area (Å²) in [6, 6.07) is 8.77. The Bertz CT molecular complexity index is 429. The van der Waals surface area contributed by atoms with Crippen LogP contribution in [0.2, 0.25) is 39.3 Å². The Hall–Kier alpha value is -0.626. The second kappa shape index (κ2) is 7.77. The number of hydrogen-bond acceptors (Lipinski definition) is 3. The smallest absolute Gasteiger partial charge is 0.183 e. The Morgan fingerprint density at radius 2 is 1.23 bits per heavy atom. The maximum absolute atomic E-state index is 5.68. The monoisotopic (exact) mass is 339 g/mol. The lowest BCUT2D eigenvalue weighted by Gasteiger charge is -2.46. The first-order chi connectivity index (χ1) is 10.1. The zero-order chi connectivity index (χ0) is 17.0. The molecular weight excluding hydrogens is 306 g/mol. The molecular formula is C17H33NO2Si2. The Balaban J connectivity index is 3.08. The lowest BCUT2D eigenvalue weighted by molar-refractivity contribution is -0.140. The standard InChI is InChI=1S/C17H33NO2Si2/c1-9-19-17(20-10-2)15-11-13-16(14-12-15)18(21(3,4)5)22(6,7)8/h11-14,17H,9-10H2,1-8H3. The molecule has 0 amide bonds. The molecule has 0 heterocycles. The quantitative estimate of drug-likeness (QED) is 0.478. The largest absolute Gasteiger partial charge is 0.425 e. The molecule has 0 aliphatic carbocycles. The van der Waals surface area contributed by atoms with Crippen LogP contribution < -0.4 is 4.23 Å². The third kappa shape index (κ3) is 5.23. The van der Waals surface area contributed by atoms with Crippen LogP contribution in [0.5, 0.6) is 0 Å². The molecule has 0 aliphatic heterocycles. The first kappa shape index (κ1) is 19.4. The Morgan fingerprint density at radius 3 is 1.55 bits per heavy atom. The van der Waals surface area contributed by atoms with Crippen molar-refractivity contribution in [2.75, 3.05) is 17.4 Å². The first-order valence-corrected chi connectivity index (χ1v) is 15.1. The average Bonchev–Trinajstić information content (AvgIpc) is 2.36. The number of anilines is 1. The topological polar surface area (TPSA) is 21.7 Å². The highest BCUT2D eigenvalue weighted by atomic mass is 28.4. The molecule has 0 fully saturated rings. The molecule has 126 valence electrons. The van der Waals surface area contributed by atoms with E-state index in [1.54, 1.807) is 0 Å². The minimum absolute atomic E-state index is 0.253. The summed E-state index contributed by atoms with van der Waals surface area (Å²) in [5.41, 5.74) is 2.44. The van der Waals surface area contributed by atoms with Crippen molar-refractivity contribution in [2.45, 2.75) is 59.4 Å². The van der Waals surface area contributed by atoms with Crippen molar-refractivity contribution in [2.24, 2.45) is 0 Å². The van der Waals surface area contributed by atoms with E-state index in [1.807, 2.05) is 13.8 Å². The van der Waals surface area contributed by atoms with Crippen molar-refractivity contribution in [1.29, 1.82) is 0 Å². The van der Waals surface area contributed by atoms with E-state index in [0.717, 1.165) is 5.56 Å². The number of benzene rings is 1. The van der Waals surface area contributed by atoms with Crippen molar-refractivity contribution < 1.29 is 9.47 Å². The predicted molar refractivity (Wildman–Crippen MR) is 102 cm³/mol. The van der Waals surface area contributed by atoms with Gasteiger partial charge in [-0.2, -0.15) is 0 Å². The van der Waals surface area contributed by atoms with E-state index in [4.69, 9.17) is 9.47 Å². The summed E-state index contributed by atoms with van der Waals surface area (Å²) in [5, 5.41) is 0. The van der Waals surface area contributed by atoms with Crippen LogP contribution in [0.25, 0.3) is 0 Å². The summed E-state index contributed by atoms with van der Waals surface area (Å²) >= 11 is 0. The molecule has 0 bridgehead atoms. The molecule has 0 atom stereocenters. The van der Waals surface area contributed by atoms with Gasteiger partial charge in [0.15, 0.2) is 6.29 Å². The van der Waals surface area contributed by atoms with Gasteiger partial charge in [0, 0.05) is 24.5 Å². The van der Waals surface area contributed by atoms with Gasteiger partial charge >= 0.3 is 0 Å². The molecule has 0 saturated heterocycles. The zero-order valence-corrected chi connectivity index (χ0v) is 17.6. The van der Waals surface area contributed by atoms with Gasteiger partial charge < -0.3 is 13.7 Å². The molecule has 1 aromatic carbocycles. The zero-order valence-electron chi connectivity index (χ0n) is 15.6. The second-order valence-electron chi connectivity index (χ2n) is 7.51. The van der Waals surface area contributed by atoms with Crippen molar-refractivity contribution >= 4 is 22.2 Å².